The van der Waals surface area contributed by atoms with E-state index in [1.807, 2.05) is 0 Å². The Morgan fingerprint density at radius 1 is 0.377 bits per heavy atom. The summed E-state index contributed by atoms with van der Waals surface area (Å²) in [5.74, 6) is 1.97. The van der Waals surface area contributed by atoms with Gasteiger partial charge in [0.05, 0.1) is 70.9 Å². The Morgan fingerprint density at radius 2 is 0.636 bits per heavy atom. The van der Waals surface area contributed by atoms with E-state index in [1.54, 1.807) is 0 Å². The summed E-state index contributed by atoms with van der Waals surface area (Å²) >= 11 is 4.65. The van der Waals surface area contributed by atoms with Gasteiger partial charge in [-0.1, -0.05) is 220 Å². The molecule has 0 aromatic heterocycles. The number of hydrogen-bond donors (Lipinski definition) is 0. The zero-order chi connectivity index (χ0) is 53.9. The van der Waals surface area contributed by atoms with E-state index >= 15 is 0 Å². The summed E-state index contributed by atoms with van der Waals surface area (Å²) in [5.41, 5.74) is 5.36. The molecule has 0 aliphatic heterocycles. The number of ether oxygens (including phenoxy) is 2. The van der Waals surface area contributed by atoms with Gasteiger partial charge in [-0.05, 0) is 95.9 Å². The van der Waals surface area contributed by atoms with Gasteiger partial charge in [-0.25, -0.2) is 0 Å². The van der Waals surface area contributed by atoms with Crippen LogP contribution in [-0.4, -0.2) is 70.9 Å². The fourth-order valence-electron chi connectivity index (χ4n) is 8.47. The average molecular weight is 1640 g/mol. The molecule has 0 unspecified atom stereocenters. The Labute approximate surface area is 531 Å². The van der Waals surface area contributed by atoms with Crippen molar-refractivity contribution >= 4 is 114 Å². The van der Waals surface area contributed by atoms with Gasteiger partial charge >= 0.3 is 49.8 Å². The van der Waals surface area contributed by atoms with Crippen molar-refractivity contribution < 1.29 is 68.2 Å². The summed E-state index contributed by atoms with van der Waals surface area (Å²) in [7, 11) is 9.93. The number of nitrogens with zero attached hydrogens (tertiary/aromatic N) is 2. The molecule has 4 nitrogen and oxygen atoms in total. The second-order valence-corrected chi connectivity index (χ2v) is 49.0. The molecule has 8 aromatic carbocycles. The minimum atomic E-state index is -1.50. The van der Waals surface area contributed by atoms with Gasteiger partial charge < -0.3 is 57.4 Å². The Balaban J connectivity index is 0.000000309. The Morgan fingerprint density at radius 3 is 0.896 bits per heavy atom. The SMILES string of the molecule is C[N+](C)(C)c1cccc(OC[Si](C)(C)CCc2ccc(P(c3ccccc3)c3ccccc3)cc2)c1.C[N+](C)(C)c1cccc(OC[Si](C)(C)CCc2ccc(P(c3ccccc3)c3ccccc3)cc2)c1.[I-].[I-].[I][Pd][I]. The fraction of sp³-hybridized carbons (Fsp3) is 0.250. The maximum atomic E-state index is 6.30. The molecule has 0 saturated heterocycles. The number of benzene rings is 8. The monoisotopic (exact) mass is 1640 g/mol. The van der Waals surface area contributed by atoms with Gasteiger partial charge in [-0.15, -0.1) is 0 Å². The quantitative estimate of drug-likeness (QED) is 0.0329. The standard InChI is InChI=1S/2C32H39NOPSi.4HI.Pd/c2*1-33(2,3)28-13-12-14-29(25-28)34-26-36(4,5)24-23-27-19-21-32(22-20-27)35(30-15-8-6-9-16-30)31-17-10-7-11-18-31;;;;;/h2*6-22,25H,23-24,26H2,1-5H3;4*1H;/q2*+1;;;;;+2/p-4. The van der Waals surface area contributed by atoms with Gasteiger partial charge in [-0.2, -0.15) is 0 Å². The van der Waals surface area contributed by atoms with Crippen molar-refractivity contribution in [1.29, 1.82) is 0 Å². The molecule has 0 fully saturated rings. The summed E-state index contributed by atoms with van der Waals surface area (Å²) in [6, 6.07) is 81.9. The van der Waals surface area contributed by atoms with Crippen molar-refractivity contribution in [2.75, 3.05) is 54.7 Å². The van der Waals surface area contributed by atoms with Crippen molar-refractivity contribution in [3.05, 3.63) is 230 Å². The molecule has 77 heavy (non-hydrogen) atoms. The maximum absolute atomic E-state index is 6.30. The third kappa shape index (κ3) is 22.8. The summed E-state index contributed by atoms with van der Waals surface area (Å²) in [6.07, 6.45) is 3.91. The summed E-state index contributed by atoms with van der Waals surface area (Å²) in [6.45, 7) is 9.76. The van der Waals surface area contributed by atoms with E-state index in [-0.39, 0.29) is 48.0 Å². The average Bonchev–Trinajstić information content (AvgIpc) is 3.41. The van der Waals surface area contributed by atoms with Crippen molar-refractivity contribution in [2.24, 2.45) is 0 Å². The molecule has 412 valence electrons. The van der Waals surface area contributed by atoms with E-state index in [4.69, 9.17) is 9.47 Å². The van der Waals surface area contributed by atoms with Crippen LogP contribution in [0.1, 0.15) is 11.1 Å². The van der Waals surface area contributed by atoms with Crippen LogP contribution in [0, 0.1) is 0 Å². The van der Waals surface area contributed by atoms with E-state index in [1.165, 1.54) is 66.4 Å². The van der Waals surface area contributed by atoms with Crippen LogP contribution in [0.25, 0.3) is 0 Å². The summed E-state index contributed by atoms with van der Waals surface area (Å²) in [4.78, 5) is 0. The predicted molar refractivity (Wildman–Crippen MR) is 353 cm³/mol. The number of quaternary nitrogens is 2. The molecule has 0 N–H and O–H groups in total. The second kappa shape index (κ2) is 33.3. The Bertz CT molecular complexity index is 2640. The van der Waals surface area contributed by atoms with Crippen molar-refractivity contribution in [1.82, 2.24) is 8.97 Å². The molecule has 0 aliphatic carbocycles. The summed E-state index contributed by atoms with van der Waals surface area (Å²) in [5, 5.41) is 8.39. The normalized spacial score (nSPS) is 11.6. The zero-order valence-corrected chi connectivity index (χ0v) is 60.4. The molecule has 0 atom stereocenters. The molecule has 0 spiro atoms. The van der Waals surface area contributed by atoms with Crippen LogP contribution >= 0.6 is 54.9 Å². The number of rotatable bonds is 20. The minimum absolute atomic E-state index is 0. The number of aryl methyl sites for hydroxylation is 2. The van der Waals surface area contributed by atoms with Crippen LogP contribution in [0.15, 0.2) is 218 Å². The molecular weight excluding hydrogens is 1560 g/mol. The van der Waals surface area contributed by atoms with E-state index in [9.17, 15) is 0 Å². The molecule has 13 heteroatoms. The molecular formula is C64H78I4N2O2P2PdSi2. The van der Waals surface area contributed by atoms with Gasteiger partial charge in [0.25, 0.3) is 0 Å². The van der Waals surface area contributed by atoms with Crippen LogP contribution in [0.4, 0.5) is 11.4 Å². The van der Waals surface area contributed by atoms with Crippen LogP contribution in [-0.2, 0) is 23.6 Å². The third-order valence-electron chi connectivity index (χ3n) is 13.1. The van der Waals surface area contributed by atoms with E-state index < -0.39 is 32.0 Å². The molecule has 0 bridgehead atoms. The van der Waals surface area contributed by atoms with Gasteiger partial charge in [0, 0.05) is 12.1 Å². The van der Waals surface area contributed by atoms with Gasteiger partial charge in [-0.3, -0.25) is 8.97 Å². The molecule has 0 aliphatic rings. The topological polar surface area (TPSA) is 18.5 Å². The molecule has 0 amide bonds. The van der Waals surface area contributed by atoms with Crippen LogP contribution in [0.2, 0.25) is 38.3 Å². The van der Waals surface area contributed by atoms with Crippen LogP contribution in [0.3, 0.4) is 0 Å². The van der Waals surface area contributed by atoms with E-state index in [2.05, 4.69) is 326 Å². The zero-order valence-electron chi connectivity index (χ0n) is 46.5. The van der Waals surface area contributed by atoms with Crippen molar-refractivity contribution in [3.63, 3.8) is 0 Å². The van der Waals surface area contributed by atoms with Crippen molar-refractivity contribution in [3.8, 4) is 11.5 Å². The van der Waals surface area contributed by atoms with Crippen molar-refractivity contribution in [2.45, 2.75) is 51.1 Å². The molecule has 8 rings (SSSR count). The second-order valence-electron chi connectivity index (χ2n) is 22.3. The Hall–Kier alpha value is -1.84. The Kier molecular flexibility index (Phi) is 29.3. The first-order valence-electron chi connectivity index (χ1n) is 25.7. The first-order chi connectivity index (χ1) is 35.8. The summed E-state index contributed by atoms with van der Waals surface area (Å²) < 4.78 is 14.2. The predicted octanol–water partition coefficient (Wildman–Crippen LogP) is 8.80. The van der Waals surface area contributed by atoms with Crippen LogP contribution in [0.5, 0.6) is 11.5 Å². The molecule has 0 radical (unpaired) electrons. The van der Waals surface area contributed by atoms with Gasteiger partial charge in [0.1, 0.15) is 22.9 Å². The van der Waals surface area contributed by atoms with Gasteiger partial charge in [0.15, 0.2) is 0 Å². The molecule has 8 aromatic rings. The molecule has 0 saturated carbocycles. The number of halogens is 4. The van der Waals surface area contributed by atoms with E-state index in [0.29, 0.717) is 0 Å². The van der Waals surface area contributed by atoms with E-state index in [0.717, 1.165) is 56.5 Å². The number of hydrogen-bond acceptors (Lipinski definition) is 2. The van der Waals surface area contributed by atoms with Crippen LogP contribution < -0.4 is 98.2 Å². The fourth-order valence-corrected chi connectivity index (χ4v) is 16.4. The first-order valence-corrected chi connectivity index (χ1v) is 44.5. The third-order valence-corrected chi connectivity index (χ3v) is 23.0. The van der Waals surface area contributed by atoms with Gasteiger partial charge in [0.2, 0.25) is 0 Å². The first kappa shape index (κ1) is 67.7. The molecule has 0 heterocycles.